The fraction of sp³-hybridized carbons (Fsp3) is 0.417. The van der Waals surface area contributed by atoms with E-state index in [9.17, 15) is 4.79 Å². The number of fused-ring (bicyclic) bond motifs is 1. The Kier molecular flexibility index (Phi) is 3.77. The van der Waals surface area contributed by atoms with Crippen LogP contribution in [0.2, 0.25) is 0 Å². The van der Waals surface area contributed by atoms with Gasteiger partial charge in [0.25, 0.3) is 0 Å². The van der Waals surface area contributed by atoms with Gasteiger partial charge in [-0.2, -0.15) is 0 Å². The first-order valence-corrected chi connectivity index (χ1v) is 6.44. The second-order valence-corrected chi connectivity index (χ2v) is 4.81. The van der Waals surface area contributed by atoms with E-state index < -0.39 is 12.0 Å². The van der Waals surface area contributed by atoms with Crippen molar-refractivity contribution < 1.29 is 19.4 Å². The predicted octanol–water partition coefficient (Wildman–Crippen LogP) is 1.87. The van der Waals surface area contributed by atoms with Crippen molar-refractivity contribution in [1.82, 2.24) is 0 Å². The van der Waals surface area contributed by atoms with Crippen molar-refractivity contribution in [1.29, 1.82) is 0 Å². The van der Waals surface area contributed by atoms with Crippen molar-refractivity contribution in [3.63, 3.8) is 0 Å². The standard InChI is InChI=1S/C12H14BrNO4/c1-2-6-7(9(14)12(15)16)5-8(13)11-10(6)17-3-4-18-11/h5,9H,2-4,14H2,1H3,(H,15,16). The molecule has 0 aliphatic carbocycles. The molecule has 0 saturated carbocycles. The molecule has 0 saturated heterocycles. The van der Waals surface area contributed by atoms with E-state index in [1.54, 1.807) is 6.07 Å². The molecule has 0 spiro atoms. The molecule has 6 heteroatoms. The van der Waals surface area contributed by atoms with Crippen LogP contribution in [0.3, 0.4) is 0 Å². The van der Waals surface area contributed by atoms with E-state index in [0.29, 0.717) is 41.2 Å². The van der Waals surface area contributed by atoms with E-state index in [1.807, 2.05) is 6.92 Å². The van der Waals surface area contributed by atoms with Crippen LogP contribution >= 0.6 is 15.9 Å². The van der Waals surface area contributed by atoms with Crippen molar-refractivity contribution in [2.45, 2.75) is 19.4 Å². The van der Waals surface area contributed by atoms with Crippen molar-refractivity contribution >= 4 is 21.9 Å². The number of ether oxygens (including phenoxy) is 2. The highest BCUT2D eigenvalue weighted by Crippen LogP contribution is 2.43. The molecule has 3 N–H and O–H groups in total. The molecule has 18 heavy (non-hydrogen) atoms. The van der Waals surface area contributed by atoms with Gasteiger partial charge in [0.1, 0.15) is 19.3 Å². The summed E-state index contributed by atoms with van der Waals surface area (Å²) in [6.07, 6.45) is 0.634. The number of carboxylic acids is 1. The van der Waals surface area contributed by atoms with Crippen LogP contribution < -0.4 is 15.2 Å². The molecule has 0 aromatic heterocycles. The summed E-state index contributed by atoms with van der Waals surface area (Å²) >= 11 is 3.36. The highest BCUT2D eigenvalue weighted by atomic mass is 79.9. The molecular weight excluding hydrogens is 302 g/mol. The summed E-state index contributed by atoms with van der Waals surface area (Å²) in [6, 6.07) is 0.637. The Balaban J connectivity index is 2.60. The molecule has 0 amide bonds. The summed E-state index contributed by atoms with van der Waals surface area (Å²) in [4.78, 5) is 11.0. The second-order valence-electron chi connectivity index (χ2n) is 3.95. The van der Waals surface area contributed by atoms with E-state index >= 15 is 0 Å². The maximum absolute atomic E-state index is 11.0. The first kappa shape index (κ1) is 13.2. The SMILES string of the molecule is CCc1c(C(N)C(=O)O)cc(Br)c2c1OCCO2. The summed E-state index contributed by atoms with van der Waals surface area (Å²) in [5, 5.41) is 9.04. The van der Waals surface area contributed by atoms with Crippen molar-refractivity contribution in [3.05, 3.63) is 21.7 Å². The van der Waals surface area contributed by atoms with Gasteiger partial charge in [0, 0.05) is 5.56 Å². The lowest BCUT2D eigenvalue weighted by Gasteiger charge is -2.25. The topological polar surface area (TPSA) is 81.8 Å². The van der Waals surface area contributed by atoms with Crippen LogP contribution in [0, 0.1) is 0 Å². The number of nitrogens with two attached hydrogens (primary N) is 1. The van der Waals surface area contributed by atoms with E-state index in [-0.39, 0.29) is 0 Å². The quantitative estimate of drug-likeness (QED) is 0.889. The van der Waals surface area contributed by atoms with Gasteiger partial charge in [0.05, 0.1) is 4.47 Å². The van der Waals surface area contributed by atoms with Crippen LogP contribution in [0.15, 0.2) is 10.5 Å². The molecule has 2 rings (SSSR count). The first-order valence-electron chi connectivity index (χ1n) is 5.65. The summed E-state index contributed by atoms with van der Waals surface area (Å²) < 4.78 is 11.8. The molecule has 1 atom stereocenters. The van der Waals surface area contributed by atoms with Gasteiger partial charge in [-0.25, -0.2) is 0 Å². The van der Waals surface area contributed by atoms with Gasteiger partial charge < -0.3 is 20.3 Å². The van der Waals surface area contributed by atoms with Crippen LogP contribution in [0.25, 0.3) is 0 Å². The van der Waals surface area contributed by atoms with Crippen LogP contribution in [-0.4, -0.2) is 24.3 Å². The minimum atomic E-state index is -1.06. The maximum Gasteiger partial charge on any atom is 0.325 e. The van der Waals surface area contributed by atoms with Crippen LogP contribution in [0.5, 0.6) is 11.5 Å². The van der Waals surface area contributed by atoms with Crippen LogP contribution in [-0.2, 0) is 11.2 Å². The zero-order chi connectivity index (χ0) is 13.3. The first-order chi connectivity index (χ1) is 8.56. The van der Waals surface area contributed by atoms with Gasteiger partial charge in [-0.3, -0.25) is 4.79 Å². The molecule has 0 radical (unpaired) electrons. The van der Waals surface area contributed by atoms with Crippen LogP contribution in [0.4, 0.5) is 0 Å². The minimum absolute atomic E-state index is 0.457. The molecule has 0 fully saturated rings. The molecule has 0 bridgehead atoms. The maximum atomic E-state index is 11.0. The van der Waals surface area contributed by atoms with E-state index in [1.165, 1.54) is 0 Å². The molecule has 1 aromatic rings. The van der Waals surface area contributed by atoms with Gasteiger partial charge >= 0.3 is 5.97 Å². The number of rotatable bonds is 3. The normalized spacial score (nSPS) is 15.3. The average molecular weight is 316 g/mol. The number of aliphatic carboxylic acids is 1. The molecular formula is C12H14BrNO4. The number of hydrogen-bond acceptors (Lipinski definition) is 4. The smallest absolute Gasteiger partial charge is 0.325 e. The second kappa shape index (κ2) is 5.16. The summed E-state index contributed by atoms with van der Waals surface area (Å²) in [7, 11) is 0. The van der Waals surface area contributed by atoms with Crippen molar-refractivity contribution in [2.24, 2.45) is 5.73 Å². The monoisotopic (exact) mass is 315 g/mol. The summed E-state index contributed by atoms with van der Waals surface area (Å²) in [5.74, 6) is 0.164. The zero-order valence-corrected chi connectivity index (χ0v) is 11.5. The van der Waals surface area contributed by atoms with E-state index in [4.69, 9.17) is 20.3 Å². The third-order valence-corrected chi connectivity index (χ3v) is 3.45. The number of carboxylic acid groups (broad SMARTS) is 1. The highest BCUT2D eigenvalue weighted by molar-refractivity contribution is 9.10. The fourth-order valence-electron chi connectivity index (χ4n) is 2.02. The molecule has 1 aliphatic rings. The highest BCUT2D eigenvalue weighted by Gasteiger charge is 2.26. The van der Waals surface area contributed by atoms with E-state index in [2.05, 4.69) is 15.9 Å². The Labute approximate surface area is 113 Å². The molecule has 1 aliphatic heterocycles. The molecule has 1 aromatic carbocycles. The minimum Gasteiger partial charge on any atom is -0.486 e. The van der Waals surface area contributed by atoms with Gasteiger partial charge in [-0.05, 0) is 34.0 Å². The summed E-state index contributed by atoms with van der Waals surface area (Å²) in [6.45, 7) is 2.87. The van der Waals surface area contributed by atoms with Gasteiger partial charge in [0.2, 0.25) is 0 Å². The lowest BCUT2D eigenvalue weighted by Crippen LogP contribution is -2.24. The molecule has 98 valence electrons. The number of halogens is 1. The zero-order valence-electron chi connectivity index (χ0n) is 9.90. The van der Waals surface area contributed by atoms with Crippen molar-refractivity contribution in [2.75, 3.05) is 13.2 Å². The molecule has 1 heterocycles. The lowest BCUT2D eigenvalue weighted by atomic mass is 9.97. The third kappa shape index (κ3) is 2.18. The van der Waals surface area contributed by atoms with Crippen LogP contribution in [0.1, 0.15) is 24.1 Å². The van der Waals surface area contributed by atoms with Gasteiger partial charge in [-0.15, -0.1) is 0 Å². The Morgan fingerprint density at radius 3 is 2.67 bits per heavy atom. The predicted molar refractivity (Wildman–Crippen MR) is 69.1 cm³/mol. The third-order valence-electron chi connectivity index (χ3n) is 2.86. The fourth-order valence-corrected chi connectivity index (χ4v) is 2.56. The number of hydrogen-bond donors (Lipinski definition) is 2. The Hall–Kier alpha value is -1.27. The van der Waals surface area contributed by atoms with Crippen molar-refractivity contribution in [3.8, 4) is 11.5 Å². The van der Waals surface area contributed by atoms with Gasteiger partial charge in [-0.1, -0.05) is 6.92 Å². The molecule has 5 nitrogen and oxygen atoms in total. The Morgan fingerprint density at radius 1 is 1.50 bits per heavy atom. The Morgan fingerprint density at radius 2 is 2.11 bits per heavy atom. The van der Waals surface area contributed by atoms with E-state index in [0.717, 1.165) is 5.56 Å². The average Bonchev–Trinajstić information content (AvgIpc) is 2.37. The number of carbonyl (C=O) groups is 1. The van der Waals surface area contributed by atoms with Gasteiger partial charge in [0.15, 0.2) is 11.5 Å². The Bertz CT molecular complexity index is 489. The largest absolute Gasteiger partial charge is 0.486 e. The number of benzene rings is 1. The molecule has 1 unspecified atom stereocenters. The lowest BCUT2D eigenvalue weighted by molar-refractivity contribution is -0.138. The summed E-state index contributed by atoms with van der Waals surface area (Å²) in [5.41, 5.74) is 7.05.